The quantitative estimate of drug-likeness (QED) is 0.761. The zero-order valence-electron chi connectivity index (χ0n) is 14.3. The number of hydrogen-bond acceptors (Lipinski definition) is 4. The van der Waals surface area contributed by atoms with E-state index in [1.54, 1.807) is 12.2 Å². The molecule has 130 valence electrons. The number of aliphatic hydroxyl groups is 2. The van der Waals surface area contributed by atoms with Gasteiger partial charge in [0.1, 0.15) is 11.9 Å². The number of carbonyl (C=O) groups excluding carboxylic acids is 1. The van der Waals surface area contributed by atoms with Crippen LogP contribution in [0.3, 0.4) is 0 Å². The Labute approximate surface area is 147 Å². The summed E-state index contributed by atoms with van der Waals surface area (Å²) in [5.41, 5.74) is -0.165. The highest BCUT2D eigenvalue weighted by molar-refractivity contribution is 6.45. The first kappa shape index (κ1) is 18.7. The summed E-state index contributed by atoms with van der Waals surface area (Å²) in [6.07, 6.45) is 8.48. The number of rotatable bonds is 4. The van der Waals surface area contributed by atoms with E-state index in [9.17, 15) is 15.0 Å². The van der Waals surface area contributed by atoms with E-state index in [2.05, 4.69) is 19.9 Å². The highest BCUT2D eigenvalue weighted by Gasteiger charge is 2.48. The van der Waals surface area contributed by atoms with E-state index in [0.29, 0.717) is 22.8 Å². The maximum absolute atomic E-state index is 12.1. The fraction of sp³-hybridized carbons (Fsp3) is 0.421. The first-order valence-corrected chi connectivity index (χ1v) is 8.36. The van der Waals surface area contributed by atoms with Crippen LogP contribution in [0.4, 0.5) is 0 Å². The molecule has 2 rings (SSSR count). The van der Waals surface area contributed by atoms with E-state index in [0.717, 1.165) is 12.0 Å². The number of hydrogen-bond donors (Lipinski definition) is 2. The SMILES string of the molecule is CCC(C)/C=C(C)/C=C/C1=CC2=C(Cl)C(=O)[C@@](C)(O)[C@@H](O)C2=CO1. The molecule has 1 aliphatic heterocycles. The minimum absolute atomic E-state index is 0.0994. The Kier molecular flexibility index (Phi) is 5.53. The number of fused-ring (bicyclic) bond motifs is 1. The minimum atomic E-state index is -1.95. The Morgan fingerprint density at radius 3 is 2.83 bits per heavy atom. The fourth-order valence-corrected chi connectivity index (χ4v) is 2.91. The molecule has 0 aromatic carbocycles. The largest absolute Gasteiger partial charge is 0.465 e. The number of aliphatic hydroxyl groups excluding tert-OH is 1. The van der Waals surface area contributed by atoms with Crippen LogP contribution in [-0.2, 0) is 9.53 Å². The normalized spacial score (nSPS) is 29.2. The third-order valence-electron chi connectivity index (χ3n) is 4.34. The molecule has 3 atom stereocenters. The van der Waals surface area contributed by atoms with Crippen LogP contribution < -0.4 is 0 Å². The van der Waals surface area contributed by atoms with Gasteiger partial charge in [-0.3, -0.25) is 4.79 Å². The van der Waals surface area contributed by atoms with Crippen LogP contribution in [0, 0.1) is 5.92 Å². The van der Waals surface area contributed by atoms with Gasteiger partial charge in [-0.1, -0.05) is 49.6 Å². The number of allylic oxidation sites excluding steroid dienone is 5. The van der Waals surface area contributed by atoms with Gasteiger partial charge >= 0.3 is 0 Å². The summed E-state index contributed by atoms with van der Waals surface area (Å²) < 4.78 is 5.49. The lowest BCUT2D eigenvalue weighted by molar-refractivity contribution is -0.140. The molecule has 0 saturated carbocycles. The molecule has 0 radical (unpaired) electrons. The Morgan fingerprint density at radius 1 is 1.54 bits per heavy atom. The van der Waals surface area contributed by atoms with Crippen LogP contribution in [0.2, 0.25) is 0 Å². The second-order valence-electron chi connectivity index (χ2n) is 6.47. The van der Waals surface area contributed by atoms with Crippen LogP contribution in [0.15, 0.2) is 58.1 Å². The van der Waals surface area contributed by atoms with Crippen molar-refractivity contribution in [2.24, 2.45) is 5.92 Å². The summed E-state index contributed by atoms with van der Waals surface area (Å²) in [5.74, 6) is 0.302. The van der Waals surface area contributed by atoms with E-state index < -0.39 is 17.5 Å². The van der Waals surface area contributed by atoms with Crippen molar-refractivity contribution in [2.75, 3.05) is 0 Å². The molecule has 0 spiro atoms. The topological polar surface area (TPSA) is 66.8 Å². The summed E-state index contributed by atoms with van der Waals surface area (Å²) in [7, 11) is 0. The highest BCUT2D eigenvalue weighted by Crippen LogP contribution is 2.39. The zero-order valence-corrected chi connectivity index (χ0v) is 15.1. The van der Waals surface area contributed by atoms with Gasteiger partial charge < -0.3 is 14.9 Å². The van der Waals surface area contributed by atoms with Crippen molar-refractivity contribution in [2.45, 2.75) is 45.8 Å². The molecule has 0 saturated heterocycles. The summed E-state index contributed by atoms with van der Waals surface area (Å²) in [5, 5.41) is 20.2. The number of carbonyl (C=O) groups is 1. The standard InChI is InChI=1S/C19H23ClO4/c1-5-11(2)8-12(3)6-7-13-9-14-15(10-24-13)17(21)19(4,23)18(22)16(14)20/h6-11,17,21,23H,5H2,1-4H3/b7-6+,12-8+/t11?,17-,19-/m0/s1. The lowest BCUT2D eigenvalue weighted by Gasteiger charge is -2.35. The van der Waals surface area contributed by atoms with Crippen LogP contribution in [0.1, 0.15) is 34.1 Å². The Morgan fingerprint density at radius 2 is 2.21 bits per heavy atom. The third-order valence-corrected chi connectivity index (χ3v) is 4.72. The van der Waals surface area contributed by atoms with Crippen molar-refractivity contribution >= 4 is 17.4 Å². The van der Waals surface area contributed by atoms with Crippen molar-refractivity contribution in [1.82, 2.24) is 0 Å². The van der Waals surface area contributed by atoms with Gasteiger partial charge in [-0.15, -0.1) is 0 Å². The average molecular weight is 351 g/mol. The average Bonchev–Trinajstić information content (AvgIpc) is 2.56. The van der Waals surface area contributed by atoms with Crippen LogP contribution >= 0.6 is 11.6 Å². The molecule has 0 bridgehead atoms. The molecule has 1 unspecified atom stereocenters. The second-order valence-corrected chi connectivity index (χ2v) is 6.85. The minimum Gasteiger partial charge on any atom is -0.465 e. The zero-order chi connectivity index (χ0) is 18.1. The van der Waals surface area contributed by atoms with Crippen molar-refractivity contribution < 1.29 is 19.7 Å². The van der Waals surface area contributed by atoms with Crippen molar-refractivity contribution in [3.8, 4) is 0 Å². The van der Waals surface area contributed by atoms with E-state index in [1.165, 1.54) is 13.2 Å². The molecule has 1 heterocycles. The molecule has 1 aliphatic carbocycles. The van der Waals surface area contributed by atoms with E-state index in [4.69, 9.17) is 16.3 Å². The highest BCUT2D eigenvalue weighted by atomic mass is 35.5. The molecular formula is C19H23ClO4. The van der Waals surface area contributed by atoms with Gasteiger partial charge in [-0.25, -0.2) is 0 Å². The van der Waals surface area contributed by atoms with E-state index in [-0.39, 0.29) is 5.03 Å². The number of ether oxygens (including phenoxy) is 1. The van der Waals surface area contributed by atoms with Crippen LogP contribution in [0.5, 0.6) is 0 Å². The predicted octanol–water partition coefficient (Wildman–Crippen LogP) is 3.52. The number of halogens is 1. The van der Waals surface area contributed by atoms with Gasteiger partial charge in [0.2, 0.25) is 5.78 Å². The molecule has 0 aromatic heterocycles. The van der Waals surface area contributed by atoms with Gasteiger partial charge in [0.05, 0.1) is 11.3 Å². The van der Waals surface area contributed by atoms with Crippen molar-refractivity contribution in [3.05, 3.63) is 58.1 Å². The molecule has 5 heteroatoms. The van der Waals surface area contributed by atoms with Gasteiger partial charge in [-0.2, -0.15) is 0 Å². The number of Topliss-reactive ketones (excluding diaryl/α,β-unsaturated/α-hetero) is 1. The summed E-state index contributed by atoms with van der Waals surface area (Å²) in [4.78, 5) is 12.1. The maximum atomic E-state index is 12.1. The molecule has 4 nitrogen and oxygen atoms in total. The Hall–Kier alpha value is -1.62. The summed E-state index contributed by atoms with van der Waals surface area (Å²) in [6.45, 7) is 7.52. The molecule has 2 N–H and O–H groups in total. The summed E-state index contributed by atoms with van der Waals surface area (Å²) in [6, 6.07) is 0. The van der Waals surface area contributed by atoms with Crippen LogP contribution in [-0.4, -0.2) is 27.7 Å². The first-order valence-electron chi connectivity index (χ1n) is 7.98. The monoisotopic (exact) mass is 350 g/mol. The van der Waals surface area contributed by atoms with Gasteiger partial charge in [0.25, 0.3) is 0 Å². The predicted molar refractivity (Wildman–Crippen MR) is 94.1 cm³/mol. The van der Waals surface area contributed by atoms with E-state index in [1.807, 2.05) is 13.0 Å². The third kappa shape index (κ3) is 3.56. The smallest absolute Gasteiger partial charge is 0.209 e. The molecule has 0 fully saturated rings. The number of ketones is 1. The maximum Gasteiger partial charge on any atom is 0.209 e. The van der Waals surface area contributed by atoms with Gasteiger partial charge in [-0.05, 0) is 31.9 Å². The van der Waals surface area contributed by atoms with Crippen LogP contribution in [0.25, 0.3) is 0 Å². The van der Waals surface area contributed by atoms with Crippen molar-refractivity contribution in [1.29, 1.82) is 0 Å². The first-order chi connectivity index (χ1) is 11.2. The lowest BCUT2D eigenvalue weighted by Crippen LogP contribution is -2.51. The molecule has 24 heavy (non-hydrogen) atoms. The second kappa shape index (κ2) is 7.09. The lowest BCUT2D eigenvalue weighted by atomic mass is 9.79. The molecule has 0 aromatic rings. The molecule has 0 amide bonds. The van der Waals surface area contributed by atoms with Crippen molar-refractivity contribution in [3.63, 3.8) is 0 Å². The van der Waals surface area contributed by atoms with Gasteiger partial charge in [0, 0.05) is 11.1 Å². The Bertz CT molecular complexity index is 692. The fourth-order valence-electron chi connectivity index (χ4n) is 2.55. The molecule has 2 aliphatic rings. The van der Waals surface area contributed by atoms with E-state index >= 15 is 0 Å². The summed E-state index contributed by atoms with van der Waals surface area (Å²) >= 11 is 6.09. The Balaban J connectivity index is 2.30. The molecular weight excluding hydrogens is 328 g/mol. The van der Waals surface area contributed by atoms with Gasteiger partial charge in [0.15, 0.2) is 5.60 Å².